The van der Waals surface area contributed by atoms with Crippen LogP contribution in [0.5, 0.6) is 5.75 Å². The molecule has 0 heterocycles. The molecule has 2 rings (SSSR count). The third-order valence-electron chi connectivity index (χ3n) is 2.57. The highest BCUT2D eigenvalue weighted by atomic mass is 79.9. The summed E-state index contributed by atoms with van der Waals surface area (Å²) in [4.78, 5) is 0. The van der Waals surface area contributed by atoms with Crippen LogP contribution in [-0.2, 0) is 6.61 Å². The zero-order valence-corrected chi connectivity index (χ0v) is 11.6. The van der Waals surface area contributed by atoms with E-state index in [1.165, 1.54) is 12.1 Å². The van der Waals surface area contributed by atoms with Crippen LogP contribution < -0.4 is 10.5 Å². The summed E-state index contributed by atoms with van der Waals surface area (Å²) >= 11 is 3.34. The minimum absolute atomic E-state index is 0.172. The van der Waals surface area contributed by atoms with Gasteiger partial charge in [0.2, 0.25) is 0 Å². The molecule has 0 saturated carbocycles. The van der Waals surface area contributed by atoms with E-state index in [2.05, 4.69) is 15.9 Å². The molecule has 0 spiro atoms. The Morgan fingerprint density at radius 1 is 1.21 bits per heavy atom. The van der Waals surface area contributed by atoms with E-state index in [9.17, 15) is 4.39 Å². The quantitative estimate of drug-likeness (QED) is 0.669. The number of benzene rings is 2. The Hall–Kier alpha value is -1.88. The molecule has 0 radical (unpaired) electrons. The molecule has 19 heavy (non-hydrogen) atoms. The van der Waals surface area contributed by atoms with Crippen molar-refractivity contribution in [3.63, 3.8) is 0 Å². The second kappa shape index (κ2) is 5.84. The van der Waals surface area contributed by atoms with Crippen LogP contribution in [-0.4, -0.2) is 5.84 Å². The molecule has 0 aromatic heterocycles. The van der Waals surface area contributed by atoms with E-state index in [0.717, 1.165) is 4.47 Å². The van der Waals surface area contributed by atoms with Gasteiger partial charge in [-0.1, -0.05) is 22.0 Å². The van der Waals surface area contributed by atoms with E-state index in [1.54, 1.807) is 6.07 Å². The molecule has 0 atom stereocenters. The molecule has 0 amide bonds. The van der Waals surface area contributed by atoms with E-state index in [0.29, 0.717) is 16.9 Å². The lowest BCUT2D eigenvalue weighted by atomic mass is 10.1. The maximum absolute atomic E-state index is 13.1. The predicted molar refractivity (Wildman–Crippen MR) is 75.9 cm³/mol. The molecule has 0 aliphatic carbocycles. The molecule has 0 aliphatic heterocycles. The molecule has 0 bridgehead atoms. The lowest BCUT2D eigenvalue weighted by Gasteiger charge is -2.10. The monoisotopic (exact) mass is 322 g/mol. The Bertz CT molecular complexity index is 599. The smallest absolute Gasteiger partial charge is 0.123 e. The first-order chi connectivity index (χ1) is 9.06. The normalized spacial score (nSPS) is 10.2. The molecule has 98 valence electrons. The van der Waals surface area contributed by atoms with Gasteiger partial charge >= 0.3 is 0 Å². The van der Waals surface area contributed by atoms with Crippen molar-refractivity contribution >= 4 is 21.8 Å². The van der Waals surface area contributed by atoms with Crippen LogP contribution >= 0.6 is 15.9 Å². The van der Waals surface area contributed by atoms with Crippen molar-refractivity contribution in [2.45, 2.75) is 6.61 Å². The molecule has 0 aliphatic rings. The standard InChI is InChI=1S/C14H12BrFN2O/c15-10-2-5-12(6-3-10)19-8-9-1-4-11(16)7-13(9)14(17)18/h1-7H,8H2,(H3,17,18). The fourth-order valence-corrected chi connectivity index (χ4v) is 1.88. The topological polar surface area (TPSA) is 59.1 Å². The van der Waals surface area contributed by atoms with Crippen molar-refractivity contribution < 1.29 is 9.13 Å². The number of nitrogen functional groups attached to an aromatic ring is 1. The highest BCUT2D eigenvalue weighted by Gasteiger charge is 2.07. The van der Waals surface area contributed by atoms with Crippen LogP contribution in [0.4, 0.5) is 4.39 Å². The summed E-state index contributed by atoms with van der Waals surface area (Å²) < 4.78 is 19.7. The Balaban J connectivity index is 2.15. The van der Waals surface area contributed by atoms with E-state index in [-0.39, 0.29) is 12.4 Å². The highest BCUT2D eigenvalue weighted by molar-refractivity contribution is 9.10. The van der Waals surface area contributed by atoms with Gasteiger partial charge in [-0.25, -0.2) is 4.39 Å². The summed E-state index contributed by atoms with van der Waals surface area (Å²) in [7, 11) is 0. The molecule has 3 N–H and O–H groups in total. The molecule has 2 aromatic rings. The molecular formula is C14H12BrFN2O. The molecule has 2 aromatic carbocycles. The lowest BCUT2D eigenvalue weighted by molar-refractivity contribution is 0.306. The Morgan fingerprint density at radius 2 is 1.89 bits per heavy atom. The molecule has 0 unspecified atom stereocenters. The summed E-state index contributed by atoms with van der Waals surface area (Å²) in [6, 6.07) is 11.5. The third kappa shape index (κ3) is 3.54. The lowest BCUT2D eigenvalue weighted by Crippen LogP contribution is -2.15. The Kier molecular flexibility index (Phi) is 4.16. The van der Waals surface area contributed by atoms with Gasteiger partial charge in [-0.2, -0.15) is 0 Å². The summed E-state index contributed by atoms with van der Waals surface area (Å²) in [5.74, 6) is 0.105. The van der Waals surface area contributed by atoms with Crippen molar-refractivity contribution in [1.29, 1.82) is 5.41 Å². The SMILES string of the molecule is N=C(N)c1cc(F)ccc1COc1ccc(Br)cc1. The first-order valence-corrected chi connectivity index (χ1v) is 6.37. The van der Waals surface area contributed by atoms with Gasteiger partial charge in [0.25, 0.3) is 0 Å². The summed E-state index contributed by atoms with van der Waals surface area (Å²) in [5.41, 5.74) is 6.46. The van der Waals surface area contributed by atoms with Crippen LogP contribution in [0.15, 0.2) is 46.9 Å². The van der Waals surface area contributed by atoms with Gasteiger partial charge in [0.05, 0.1) is 0 Å². The van der Waals surface area contributed by atoms with Crippen molar-refractivity contribution in [3.05, 3.63) is 63.9 Å². The molecule has 0 saturated heterocycles. The van der Waals surface area contributed by atoms with Gasteiger partial charge in [-0.3, -0.25) is 5.41 Å². The van der Waals surface area contributed by atoms with Gasteiger partial charge in [0.1, 0.15) is 24.0 Å². The highest BCUT2D eigenvalue weighted by Crippen LogP contribution is 2.19. The average molecular weight is 323 g/mol. The minimum atomic E-state index is -0.419. The third-order valence-corrected chi connectivity index (χ3v) is 3.10. The number of nitrogens with one attached hydrogen (secondary N) is 1. The fraction of sp³-hybridized carbons (Fsp3) is 0.0714. The Labute approximate surface area is 118 Å². The average Bonchev–Trinajstić information content (AvgIpc) is 2.39. The molecule has 0 fully saturated rings. The molecular weight excluding hydrogens is 311 g/mol. The van der Waals surface area contributed by atoms with Gasteiger partial charge in [0, 0.05) is 15.6 Å². The van der Waals surface area contributed by atoms with Gasteiger partial charge < -0.3 is 10.5 Å². The van der Waals surface area contributed by atoms with Crippen molar-refractivity contribution in [3.8, 4) is 5.75 Å². The van der Waals surface area contributed by atoms with Crippen molar-refractivity contribution in [2.24, 2.45) is 5.73 Å². The van der Waals surface area contributed by atoms with E-state index in [1.807, 2.05) is 24.3 Å². The predicted octanol–water partition coefficient (Wildman–Crippen LogP) is 3.45. The van der Waals surface area contributed by atoms with E-state index < -0.39 is 5.82 Å². The maximum atomic E-state index is 13.1. The van der Waals surface area contributed by atoms with Gasteiger partial charge in [0.15, 0.2) is 0 Å². The van der Waals surface area contributed by atoms with Crippen molar-refractivity contribution in [1.82, 2.24) is 0 Å². The number of hydrogen-bond acceptors (Lipinski definition) is 2. The number of ether oxygens (including phenoxy) is 1. The first-order valence-electron chi connectivity index (χ1n) is 5.57. The fourth-order valence-electron chi connectivity index (χ4n) is 1.62. The van der Waals surface area contributed by atoms with Crippen molar-refractivity contribution in [2.75, 3.05) is 0 Å². The summed E-state index contributed by atoms with van der Waals surface area (Å²) in [6.07, 6.45) is 0. The first kappa shape index (κ1) is 13.5. The molecule has 5 heteroatoms. The number of amidine groups is 1. The van der Waals surface area contributed by atoms with Crippen LogP contribution in [0.3, 0.4) is 0 Å². The Morgan fingerprint density at radius 3 is 2.53 bits per heavy atom. The minimum Gasteiger partial charge on any atom is -0.489 e. The number of nitrogens with two attached hydrogens (primary N) is 1. The van der Waals surface area contributed by atoms with Crippen LogP contribution in [0, 0.1) is 11.2 Å². The zero-order chi connectivity index (χ0) is 13.8. The summed E-state index contributed by atoms with van der Waals surface area (Å²) in [5, 5.41) is 7.43. The number of rotatable bonds is 4. The van der Waals surface area contributed by atoms with E-state index >= 15 is 0 Å². The van der Waals surface area contributed by atoms with Crippen LogP contribution in [0.1, 0.15) is 11.1 Å². The zero-order valence-electron chi connectivity index (χ0n) is 9.99. The second-order valence-electron chi connectivity index (χ2n) is 3.96. The van der Waals surface area contributed by atoms with Gasteiger partial charge in [-0.15, -0.1) is 0 Å². The van der Waals surface area contributed by atoms with Crippen LogP contribution in [0.2, 0.25) is 0 Å². The largest absolute Gasteiger partial charge is 0.489 e. The van der Waals surface area contributed by atoms with Gasteiger partial charge in [-0.05, 0) is 36.4 Å². The number of halogens is 2. The van der Waals surface area contributed by atoms with Crippen LogP contribution in [0.25, 0.3) is 0 Å². The molecule has 3 nitrogen and oxygen atoms in total. The maximum Gasteiger partial charge on any atom is 0.123 e. The van der Waals surface area contributed by atoms with E-state index in [4.69, 9.17) is 15.9 Å². The summed E-state index contributed by atoms with van der Waals surface area (Å²) in [6.45, 7) is 0.233. The number of hydrogen-bond donors (Lipinski definition) is 2. The second-order valence-corrected chi connectivity index (χ2v) is 4.87.